The van der Waals surface area contributed by atoms with E-state index in [9.17, 15) is 0 Å². The molecule has 0 atom stereocenters. The third-order valence-electron chi connectivity index (χ3n) is 0.289. The molecule has 0 aliphatic carbocycles. The molecule has 5 heteroatoms. The average Bonchev–Trinajstić information content (AvgIpc) is 1.37. The second-order valence-corrected chi connectivity index (χ2v) is 0.577. The molecular weight excluding hydrogens is 120 g/mol. The minimum Gasteiger partial charge on any atom is -0.385 e. The number of methoxy groups -OCH3 is 1. The third kappa shape index (κ3) is 203. The van der Waals surface area contributed by atoms with Crippen LogP contribution < -0.4 is 0 Å². The summed E-state index contributed by atoms with van der Waals surface area (Å²) >= 11 is 0. The first-order valence-corrected chi connectivity index (χ1v) is 1.40. The normalized spacial score (nSPS) is 3.75. The summed E-state index contributed by atoms with van der Waals surface area (Å²) in [6, 6.07) is 0. The van der Waals surface area contributed by atoms with Crippen LogP contribution in [0.15, 0.2) is 0 Å². The predicted molar refractivity (Wildman–Crippen MR) is 30.8 cm³/mol. The van der Waals surface area contributed by atoms with Crippen molar-refractivity contribution >= 4 is 8.41 Å². The van der Waals surface area contributed by atoms with Crippen LogP contribution in [0.1, 0.15) is 6.92 Å². The van der Waals surface area contributed by atoms with Crippen molar-refractivity contribution in [2.24, 2.45) is 0 Å². The zero-order valence-corrected chi connectivity index (χ0v) is 4.92. The number of ether oxygens (including phenoxy) is 1. The molecule has 0 aromatic carbocycles. The molecule has 0 spiro atoms. The smallest absolute Gasteiger partial charge is 0.0433 e. The molecule has 0 bridgehead atoms. The van der Waals surface area contributed by atoms with Gasteiger partial charge in [-0.05, 0) is 6.92 Å². The van der Waals surface area contributed by atoms with E-state index < -0.39 is 0 Å². The maximum Gasteiger partial charge on any atom is 0.0433 e. The van der Waals surface area contributed by atoms with Gasteiger partial charge in [0.2, 0.25) is 0 Å². The van der Waals surface area contributed by atoms with Gasteiger partial charge in [-0.1, -0.05) is 0 Å². The summed E-state index contributed by atoms with van der Waals surface area (Å²) < 4.78 is 4.54. The highest BCUT2D eigenvalue weighted by atomic mass is 19.0. The fourth-order valence-electron chi connectivity index (χ4n) is 0. The Hall–Kier alpha value is -0.185. The Bertz CT molecular complexity index is 16.5. The molecule has 0 heterocycles. The molecule has 8 heavy (non-hydrogen) atoms. The molecule has 53 valence electrons. The monoisotopic (exact) mass is 131 g/mol. The highest BCUT2D eigenvalue weighted by molar-refractivity contribution is 5.75. The average molecular weight is 131 g/mol. The molecule has 0 aromatic heterocycles. The van der Waals surface area contributed by atoms with Crippen molar-refractivity contribution in [2.75, 3.05) is 13.7 Å². The Labute approximate surface area is 49.1 Å². The molecule has 0 unspecified atom stereocenters. The lowest BCUT2D eigenvalue weighted by Crippen LogP contribution is -1.73. The summed E-state index contributed by atoms with van der Waals surface area (Å²) in [5.41, 5.74) is 0. The zero-order chi connectivity index (χ0) is 3.41. The van der Waals surface area contributed by atoms with E-state index in [0.29, 0.717) is 0 Å². The summed E-state index contributed by atoms with van der Waals surface area (Å²) in [6.07, 6.45) is 0. The van der Waals surface area contributed by atoms with Crippen LogP contribution in [-0.2, 0) is 4.74 Å². The van der Waals surface area contributed by atoms with Gasteiger partial charge in [0, 0.05) is 22.1 Å². The van der Waals surface area contributed by atoms with Crippen molar-refractivity contribution in [3.05, 3.63) is 0 Å². The molecule has 0 aliphatic heterocycles. The van der Waals surface area contributed by atoms with Gasteiger partial charge in [0.05, 0.1) is 0 Å². The molecule has 0 amide bonds. The van der Waals surface area contributed by atoms with Crippen molar-refractivity contribution in [3.63, 3.8) is 0 Å². The van der Waals surface area contributed by atoms with Crippen LogP contribution in [0.4, 0.5) is 14.1 Å². The van der Waals surface area contributed by atoms with Gasteiger partial charge in [-0.2, -0.15) is 0 Å². The van der Waals surface area contributed by atoms with Crippen molar-refractivity contribution in [3.8, 4) is 0 Å². The minimum absolute atomic E-state index is 0. The van der Waals surface area contributed by atoms with Crippen molar-refractivity contribution in [1.29, 1.82) is 0 Å². The Balaban J connectivity index is -0.00000000750. The van der Waals surface area contributed by atoms with Crippen LogP contribution in [0.2, 0.25) is 0 Å². The molecule has 0 N–H and O–H groups in total. The number of hydrogen-bond acceptors (Lipinski definition) is 1. The summed E-state index contributed by atoms with van der Waals surface area (Å²) in [5, 5.41) is 0. The molecule has 0 saturated carbocycles. The third-order valence-corrected chi connectivity index (χ3v) is 0.289. The Morgan fingerprint density at radius 2 is 1.25 bits per heavy atom. The number of hydrogen-bond donors (Lipinski definition) is 0. The van der Waals surface area contributed by atoms with Crippen molar-refractivity contribution in [1.82, 2.24) is 0 Å². The van der Waals surface area contributed by atoms with Gasteiger partial charge in [0.25, 0.3) is 0 Å². The van der Waals surface area contributed by atoms with E-state index in [1.165, 1.54) is 0 Å². The summed E-state index contributed by atoms with van der Waals surface area (Å²) in [5.74, 6) is 0. The summed E-state index contributed by atoms with van der Waals surface area (Å²) in [7, 11) is 1.68. The maximum atomic E-state index is 4.54. The SMILES string of the molecule is CCOC.F.F.F.[B]. The fraction of sp³-hybridized carbons (Fsp3) is 1.00. The van der Waals surface area contributed by atoms with E-state index in [2.05, 4.69) is 4.74 Å². The van der Waals surface area contributed by atoms with E-state index >= 15 is 0 Å². The molecule has 0 aliphatic rings. The molecule has 1 nitrogen and oxygen atoms in total. The largest absolute Gasteiger partial charge is 0.385 e. The molecular formula is C3H11BF3O. The van der Waals surface area contributed by atoms with Gasteiger partial charge in [-0.25, -0.2) is 0 Å². The van der Waals surface area contributed by atoms with E-state index in [0.717, 1.165) is 6.61 Å². The van der Waals surface area contributed by atoms with Gasteiger partial charge in [0.15, 0.2) is 0 Å². The fourth-order valence-corrected chi connectivity index (χ4v) is 0. The first kappa shape index (κ1) is 45.8. The molecule has 3 radical (unpaired) electrons. The quantitative estimate of drug-likeness (QED) is 0.476. The number of halogens is 3. The van der Waals surface area contributed by atoms with E-state index in [4.69, 9.17) is 0 Å². The van der Waals surface area contributed by atoms with Crippen LogP contribution in [0.5, 0.6) is 0 Å². The maximum absolute atomic E-state index is 4.54. The first-order chi connectivity index (χ1) is 1.91. The van der Waals surface area contributed by atoms with Crippen LogP contribution >= 0.6 is 0 Å². The van der Waals surface area contributed by atoms with Gasteiger partial charge >= 0.3 is 0 Å². The van der Waals surface area contributed by atoms with E-state index in [1.54, 1.807) is 7.11 Å². The Morgan fingerprint density at radius 3 is 1.25 bits per heavy atom. The van der Waals surface area contributed by atoms with Crippen LogP contribution in [0, 0.1) is 0 Å². The first-order valence-electron chi connectivity index (χ1n) is 1.40. The van der Waals surface area contributed by atoms with Crippen molar-refractivity contribution < 1.29 is 18.9 Å². The lowest BCUT2D eigenvalue weighted by atomic mass is 10.8. The van der Waals surface area contributed by atoms with E-state index in [1.807, 2.05) is 6.92 Å². The molecule has 0 saturated heterocycles. The van der Waals surface area contributed by atoms with Crippen molar-refractivity contribution in [2.45, 2.75) is 6.92 Å². The van der Waals surface area contributed by atoms with Crippen LogP contribution in [-0.4, -0.2) is 22.1 Å². The lowest BCUT2D eigenvalue weighted by Gasteiger charge is -1.76. The van der Waals surface area contributed by atoms with Gasteiger partial charge in [-0.3, -0.25) is 14.1 Å². The predicted octanol–water partition coefficient (Wildman–Crippen LogP) is 0.729. The summed E-state index contributed by atoms with van der Waals surface area (Å²) in [4.78, 5) is 0. The molecule has 0 rings (SSSR count). The molecule has 0 fully saturated rings. The second kappa shape index (κ2) is 70.0. The highest BCUT2D eigenvalue weighted by Gasteiger charge is 1.51. The minimum atomic E-state index is 0. The van der Waals surface area contributed by atoms with Gasteiger partial charge in [-0.15, -0.1) is 0 Å². The standard InChI is InChI=1S/C3H8O.B.3FH/c1-3-4-2;;;;/h3H2,1-2H3;;3*1H. The van der Waals surface area contributed by atoms with Gasteiger partial charge < -0.3 is 4.74 Å². The summed E-state index contributed by atoms with van der Waals surface area (Å²) in [6.45, 7) is 2.78. The van der Waals surface area contributed by atoms with Gasteiger partial charge in [0.1, 0.15) is 0 Å². The second-order valence-electron chi connectivity index (χ2n) is 0.577. The lowest BCUT2D eigenvalue weighted by molar-refractivity contribution is 0.215. The Morgan fingerprint density at radius 1 is 1.12 bits per heavy atom. The molecule has 0 aromatic rings. The number of rotatable bonds is 1. The highest BCUT2D eigenvalue weighted by Crippen LogP contribution is 1.52. The zero-order valence-electron chi connectivity index (χ0n) is 4.92. The van der Waals surface area contributed by atoms with E-state index in [-0.39, 0.29) is 22.5 Å². The van der Waals surface area contributed by atoms with Crippen LogP contribution in [0.25, 0.3) is 0 Å². The van der Waals surface area contributed by atoms with Crippen LogP contribution in [0.3, 0.4) is 0 Å². The topological polar surface area (TPSA) is 9.23 Å². The Kier molecular flexibility index (Phi) is 401.